The van der Waals surface area contributed by atoms with E-state index in [-0.39, 0.29) is 29.8 Å². The number of hydrogen-bond donors (Lipinski definition) is 4. The number of aliphatic hydroxyl groups is 2. The van der Waals surface area contributed by atoms with Crippen molar-refractivity contribution in [3.63, 3.8) is 0 Å². The van der Waals surface area contributed by atoms with Crippen molar-refractivity contribution in [2.24, 2.45) is 5.92 Å². The average molecular weight is 575 g/mol. The fourth-order valence-electron chi connectivity index (χ4n) is 4.10. The Morgan fingerprint density at radius 2 is 2.00 bits per heavy atom. The molecule has 4 rings (SSSR count). The number of nitrogens with zero attached hydrogens (tertiary/aromatic N) is 4. The third-order valence-corrected chi connectivity index (χ3v) is 7.77. The Balaban J connectivity index is 1.56. The number of aliphatic hydroxyl groups excluding tert-OH is 2. The molecule has 15 heteroatoms. The Bertz CT molecular complexity index is 1430. The minimum atomic E-state index is -4.30. The molecule has 0 aliphatic carbocycles. The quantitative estimate of drug-likeness (QED) is 0.190. The van der Waals surface area contributed by atoms with Crippen LogP contribution < -0.4 is 15.3 Å². The second-order valence-electron chi connectivity index (χ2n) is 9.67. The molecule has 2 aromatic heterocycles. The highest BCUT2D eigenvalue weighted by Gasteiger charge is 2.58. The monoisotopic (exact) mass is 574 g/mol. The molecule has 1 aromatic carbocycles. The van der Waals surface area contributed by atoms with Crippen molar-refractivity contribution in [3.8, 4) is 11.8 Å². The van der Waals surface area contributed by atoms with Gasteiger partial charge in [0.05, 0.1) is 18.9 Å². The van der Waals surface area contributed by atoms with E-state index < -0.39 is 50.3 Å². The van der Waals surface area contributed by atoms with Crippen LogP contribution in [-0.4, -0.2) is 68.3 Å². The number of hydrogen-bond acceptors (Lipinski definition) is 12. The van der Waals surface area contributed by atoms with Gasteiger partial charge < -0.3 is 29.9 Å². The standard InChI is InChI=1S/C25H31N6O8P/c1-15(2)11-36-24(34)16(3)30-40(35,39-17-7-5-4-6-8-17)37-12-19-21(32)22(33)25(13-26,38-19)20-10-9-18-23(27)28-14-29-31(18)20/h4-10,14-16,19,21-22,32-33H,11-12H2,1-3H3,(H,30,35)(H2,27,28,29)/t16-,19+,21+,22+,25-,40?/m0/s1. The minimum Gasteiger partial charge on any atom is -0.464 e. The third kappa shape index (κ3) is 5.95. The predicted octanol–water partition coefficient (Wildman–Crippen LogP) is 1.53. The van der Waals surface area contributed by atoms with E-state index in [1.807, 2.05) is 19.9 Å². The molecule has 1 unspecified atom stereocenters. The normalized spacial score (nSPS) is 24.9. The SMILES string of the molecule is CC(C)COC(=O)[C@H](C)NP(=O)(OC[C@H]1O[C@@](C#N)(c2ccc3c(N)ncnn23)[C@H](O)[C@@H]1O)Oc1ccccc1. The van der Waals surface area contributed by atoms with Crippen molar-refractivity contribution >= 4 is 25.1 Å². The zero-order chi connectivity index (χ0) is 29.1. The number of esters is 1. The van der Waals surface area contributed by atoms with E-state index in [0.29, 0.717) is 5.52 Å². The zero-order valence-electron chi connectivity index (χ0n) is 22.1. The first kappa shape index (κ1) is 29.4. The van der Waals surface area contributed by atoms with Gasteiger partial charge in [-0.2, -0.15) is 15.4 Å². The number of aromatic nitrogens is 3. The Morgan fingerprint density at radius 1 is 1.27 bits per heavy atom. The number of para-hydroxylation sites is 1. The maximum absolute atomic E-state index is 13.8. The van der Waals surface area contributed by atoms with Gasteiger partial charge in [0.1, 0.15) is 48.0 Å². The van der Waals surface area contributed by atoms with Gasteiger partial charge in [0, 0.05) is 0 Å². The first-order valence-electron chi connectivity index (χ1n) is 12.5. The summed E-state index contributed by atoms with van der Waals surface area (Å²) in [6.45, 7) is 4.76. The van der Waals surface area contributed by atoms with E-state index >= 15 is 0 Å². The van der Waals surface area contributed by atoms with Gasteiger partial charge in [0.15, 0.2) is 5.82 Å². The number of rotatable bonds is 11. The van der Waals surface area contributed by atoms with Gasteiger partial charge in [-0.1, -0.05) is 32.0 Å². The van der Waals surface area contributed by atoms with Crippen LogP contribution in [0.5, 0.6) is 5.75 Å². The van der Waals surface area contributed by atoms with E-state index in [1.165, 1.54) is 36.0 Å². The number of carbonyl (C=O) groups excluding carboxylic acids is 1. The number of ether oxygens (including phenoxy) is 2. The Labute approximate surface area is 230 Å². The zero-order valence-corrected chi connectivity index (χ0v) is 23.0. The van der Waals surface area contributed by atoms with Crippen molar-refractivity contribution in [3.05, 3.63) is 54.5 Å². The van der Waals surface area contributed by atoms with Crippen molar-refractivity contribution in [2.75, 3.05) is 18.9 Å². The van der Waals surface area contributed by atoms with E-state index in [9.17, 15) is 24.8 Å². The van der Waals surface area contributed by atoms with Gasteiger partial charge in [-0.3, -0.25) is 9.32 Å². The van der Waals surface area contributed by atoms with Crippen molar-refractivity contribution < 1.29 is 38.1 Å². The lowest BCUT2D eigenvalue weighted by molar-refractivity contribution is -0.146. The molecule has 0 amide bonds. The van der Waals surface area contributed by atoms with Crippen molar-refractivity contribution in [1.82, 2.24) is 19.7 Å². The van der Waals surface area contributed by atoms with Gasteiger partial charge in [0.2, 0.25) is 5.60 Å². The molecule has 0 radical (unpaired) electrons. The first-order valence-corrected chi connectivity index (χ1v) is 14.0. The summed E-state index contributed by atoms with van der Waals surface area (Å²) in [5, 5.41) is 38.5. The summed E-state index contributed by atoms with van der Waals surface area (Å²) in [6.07, 6.45) is -3.54. The number of nitrogen functional groups attached to an aromatic ring is 1. The maximum Gasteiger partial charge on any atom is 0.459 e. The van der Waals surface area contributed by atoms with Crippen LogP contribution in [0.1, 0.15) is 26.5 Å². The molecule has 6 atom stereocenters. The summed E-state index contributed by atoms with van der Waals surface area (Å²) in [5.74, 6) is -0.273. The van der Waals surface area contributed by atoms with E-state index in [2.05, 4.69) is 15.2 Å². The summed E-state index contributed by atoms with van der Waals surface area (Å²) in [5.41, 5.74) is 4.26. The van der Waals surface area contributed by atoms with E-state index in [4.69, 9.17) is 24.3 Å². The fourth-order valence-corrected chi connectivity index (χ4v) is 5.60. The van der Waals surface area contributed by atoms with E-state index in [1.54, 1.807) is 24.3 Å². The number of fused-ring (bicyclic) bond motifs is 1. The van der Waals surface area contributed by atoms with Crippen LogP contribution in [0.2, 0.25) is 0 Å². The predicted molar refractivity (Wildman–Crippen MR) is 141 cm³/mol. The fraction of sp³-hybridized carbons (Fsp3) is 0.440. The van der Waals surface area contributed by atoms with Gasteiger partial charge in [-0.25, -0.2) is 14.1 Å². The highest BCUT2D eigenvalue weighted by molar-refractivity contribution is 7.52. The second kappa shape index (κ2) is 11.9. The topological polar surface area (TPSA) is 204 Å². The lowest BCUT2D eigenvalue weighted by Gasteiger charge is -2.25. The largest absolute Gasteiger partial charge is 0.464 e. The Hall–Kier alpha value is -3.57. The van der Waals surface area contributed by atoms with Crippen LogP contribution in [0.25, 0.3) is 5.52 Å². The summed E-state index contributed by atoms with van der Waals surface area (Å²) in [7, 11) is -4.30. The Kier molecular flexibility index (Phi) is 8.74. The molecule has 0 spiro atoms. The molecule has 14 nitrogen and oxygen atoms in total. The third-order valence-electron chi connectivity index (χ3n) is 6.13. The molecular weight excluding hydrogens is 543 g/mol. The second-order valence-corrected chi connectivity index (χ2v) is 11.4. The van der Waals surface area contributed by atoms with Gasteiger partial charge in [0.25, 0.3) is 0 Å². The summed E-state index contributed by atoms with van der Waals surface area (Å²) in [6, 6.07) is 12.0. The molecule has 3 aromatic rings. The average Bonchev–Trinajstić information content (AvgIpc) is 3.47. The molecule has 0 bridgehead atoms. The smallest absolute Gasteiger partial charge is 0.459 e. The molecule has 40 heavy (non-hydrogen) atoms. The highest BCUT2D eigenvalue weighted by Crippen LogP contribution is 2.47. The molecule has 1 fully saturated rings. The summed E-state index contributed by atoms with van der Waals surface area (Å²) < 4.78 is 37.4. The molecular formula is C25H31N6O8P. The summed E-state index contributed by atoms with van der Waals surface area (Å²) in [4.78, 5) is 16.3. The number of benzene rings is 1. The van der Waals surface area contributed by atoms with Gasteiger partial charge in [-0.15, -0.1) is 0 Å². The minimum absolute atomic E-state index is 0.0909. The number of nitrogens with two attached hydrogens (primary N) is 1. The summed E-state index contributed by atoms with van der Waals surface area (Å²) >= 11 is 0. The van der Waals surface area contributed by atoms with Gasteiger partial charge in [-0.05, 0) is 37.1 Å². The van der Waals surface area contributed by atoms with Crippen LogP contribution in [0.4, 0.5) is 5.82 Å². The lowest BCUT2D eigenvalue weighted by Crippen LogP contribution is -2.41. The van der Waals surface area contributed by atoms with Gasteiger partial charge >= 0.3 is 13.7 Å². The molecule has 1 aliphatic heterocycles. The molecule has 1 saturated heterocycles. The number of nitrogens with one attached hydrogen (secondary N) is 1. The lowest BCUT2D eigenvalue weighted by atomic mass is 9.92. The van der Waals surface area contributed by atoms with Crippen LogP contribution >= 0.6 is 7.75 Å². The first-order chi connectivity index (χ1) is 19.0. The van der Waals surface area contributed by atoms with Crippen LogP contribution in [0.15, 0.2) is 48.8 Å². The Morgan fingerprint density at radius 3 is 2.67 bits per heavy atom. The number of nitriles is 1. The highest BCUT2D eigenvalue weighted by atomic mass is 31.2. The molecule has 1 aliphatic rings. The van der Waals surface area contributed by atoms with Crippen molar-refractivity contribution in [2.45, 2.75) is 50.7 Å². The van der Waals surface area contributed by atoms with Crippen LogP contribution in [0.3, 0.4) is 0 Å². The molecule has 5 N–H and O–H groups in total. The molecule has 214 valence electrons. The number of carbonyl (C=O) groups is 1. The molecule has 3 heterocycles. The maximum atomic E-state index is 13.8. The van der Waals surface area contributed by atoms with Crippen molar-refractivity contribution in [1.29, 1.82) is 5.26 Å². The number of anilines is 1. The molecule has 0 saturated carbocycles. The van der Waals surface area contributed by atoms with Crippen LogP contribution in [0, 0.1) is 17.2 Å². The van der Waals surface area contributed by atoms with Crippen LogP contribution in [-0.2, 0) is 29.0 Å². The van der Waals surface area contributed by atoms with E-state index in [0.717, 1.165) is 0 Å².